The van der Waals surface area contributed by atoms with Crippen molar-refractivity contribution in [3.63, 3.8) is 0 Å². The first kappa shape index (κ1) is 17.2. The SMILES string of the molecule is O=C(Nc1ccc(Nc2ccccc2)cc1)NC1CCC2NC(=O)NC2C1. The molecule has 1 saturated carbocycles. The van der Waals surface area contributed by atoms with Crippen LogP contribution >= 0.6 is 0 Å². The molecule has 4 rings (SSSR count). The number of anilines is 3. The lowest BCUT2D eigenvalue weighted by atomic mass is 9.88. The van der Waals surface area contributed by atoms with E-state index in [-0.39, 0.29) is 30.2 Å². The predicted octanol–water partition coefficient (Wildman–Crippen LogP) is 3.15. The van der Waals surface area contributed by atoms with Crippen molar-refractivity contribution >= 4 is 29.1 Å². The average Bonchev–Trinajstić information content (AvgIpc) is 3.03. The summed E-state index contributed by atoms with van der Waals surface area (Å²) in [7, 11) is 0. The van der Waals surface area contributed by atoms with Gasteiger partial charge in [0.25, 0.3) is 0 Å². The number of hydrogen-bond acceptors (Lipinski definition) is 3. The van der Waals surface area contributed by atoms with Crippen LogP contribution in [-0.4, -0.2) is 30.2 Å². The smallest absolute Gasteiger partial charge is 0.319 e. The van der Waals surface area contributed by atoms with Gasteiger partial charge in [-0.2, -0.15) is 0 Å². The second kappa shape index (κ2) is 7.57. The third kappa shape index (κ3) is 4.31. The van der Waals surface area contributed by atoms with Crippen LogP contribution in [0.15, 0.2) is 54.6 Å². The van der Waals surface area contributed by atoms with E-state index in [9.17, 15) is 9.59 Å². The van der Waals surface area contributed by atoms with E-state index in [0.717, 1.165) is 36.3 Å². The Morgan fingerprint density at radius 3 is 2.30 bits per heavy atom. The van der Waals surface area contributed by atoms with Crippen molar-refractivity contribution in [3.05, 3.63) is 54.6 Å². The fraction of sp³-hybridized carbons (Fsp3) is 0.300. The van der Waals surface area contributed by atoms with Gasteiger partial charge in [-0.05, 0) is 55.7 Å². The van der Waals surface area contributed by atoms with Gasteiger partial charge < -0.3 is 26.6 Å². The Morgan fingerprint density at radius 1 is 0.852 bits per heavy atom. The van der Waals surface area contributed by atoms with Crippen LogP contribution in [0.3, 0.4) is 0 Å². The van der Waals surface area contributed by atoms with Crippen molar-refractivity contribution in [2.45, 2.75) is 37.4 Å². The minimum atomic E-state index is -0.223. The van der Waals surface area contributed by atoms with E-state index in [1.54, 1.807) is 0 Å². The Balaban J connectivity index is 1.27. The second-order valence-corrected chi connectivity index (χ2v) is 7.01. The average molecular weight is 365 g/mol. The van der Waals surface area contributed by atoms with Crippen LogP contribution in [0.25, 0.3) is 0 Å². The van der Waals surface area contributed by atoms with E-state index >= 15 is 0 Å². The van der Waals surface area contributed by atoms with Gasteiger partial charge in [0.15, 0.2) is 0 Å². The Bertz CT molecular complexity index is 809. The lowest BCUT2D eigenvalue weighted by Crippen LogP contribution is -2.48. The molecule has 27 heavy (non-hydrogen) atoms. The number of rotatable bonds is 4. The molecule has 0 aromatic heterocycles. The van der Waals surface area contributed by atoms with Crippen molar-refractivity contribution in [2.75, 3.05) is 10.6 Å². The maximum absolute atomic E-state index is 12.3. The van der Waals surface area contributed by atoms with E-state index in [0.29, 0.717) is 0 Å². The van der Waals surface area contributed by atoms with Crippen LogP contribution in [0, 0.1) is 0 Å². The van der Waals surface area contributed by atoms with Gasteiger partial charge in [-0.3, -0.25) is 0 Å². The molecule has 1 heterocycles. The molecule has 7 nitrogen and oxygen atoms in total. The lowest BCUT2D eigenvalue weighted by molar-refractivity contribution is 0.239. The first-order valence-electron chi connectivity index (χ1n) is 9.22. The van der Waals surface area contributed by atoms with Crippen LogP contribution in [0.5, 0.6) is 0 Å². The van der Waals surface area contributed by atoms with Crippen molar-refractivity contribution in [1.82, 2.24) is 16.0 Å². The zero-order valence-corrected chi connectivity index (χ0v) is 14.9. The maximum atomic E-state index is 12.3. The Kier molecular flexibility index (Phi) is 4.82. The summed E-state index contributed by atoms with van der Waals surface area (Å²) in [4.78, 5) is 23.7. The summed E-state index contributed by atoms with van der Waals surface area (Å²) in [5.74, 6) is 0. The van der Waals surface area contributed by atoms with Crippen LogP contribution in [-0.2, 0) is 0 Å². The van der Waals surface area contributed by atoms with Crippen LogP contribution < -0.4 is 26.6 Å². The minimum Gasteiger partial charge on any atom is -0.356 e. The fourth-order valence-corrected chi connectivity index (χ4v) is 3.69. The number of urea groups is 2. The largest absolute Gasteiger partial charge is 0.356 e. The third-order valence-electron chi connectivity index (χ3n) is 5.02. The van der Waals surface area contributed by atoms with Gasteiger partial charge in [0.1, 0.15) is 0 Å². The van der Waals surface area contributed by atoms with Crippen LogP contribution in [0.4, 0.5) is 26.7 Å². The summed E-state index contributed by atoms with van der Waals surface area (Å²) in [5, 5.41) is 15.0. The highest BCUT2D eigenvalue weighted by atomic mass is 16.2. The minimum absolute atomic E-state index is 0.0606. The number of fused-ring (bicyclic) bond motifs is 1. The van der Waals surface area contributed by atoms with Crippen molar-refractivity contribution in [2.24, 2.45) is 0 Å². The zero-order chi connectivity index (χ0) is 18.6. The van der Waals surface area contributed by atoms with Crippen LogP contribution in [0.1, 0.15) is 19.3 Å². The Morgan fingerprint density at radius 2 is 1.52 bits per heavy atom. The van der Waals surface area contributed by atoms with E-state index in [4.69, 9.17) is 0 Å². The molecule has 2 fully saturated rings. The molecule has 3 unspecified atom stereocenters. The summed E-state index contributed by atoms with van der Waals surface area (Å²) in [6.45, 7) is 0. The Labute approximate surface area is 157 Å². The first-order chi connectivity index (χ1) is 13.2. The number of carbonyl (C=O) groups excluding carboxylic acids is 2. The van der Waals surface area contributed by atoms with E-state index in [1.165, 1.54) is 0 Å². The van der Waals surface area contributed by atoms with Gasteiger partial charge in [0.2, 0.25) is 0 Å². The molecule has 0 radical (unpaired) electrons. The van der Waals surface area contributed by atoms with E-state index in [1.807, 2.05) is 54.6 Å². The van der Waals surface area contributed by atoms with Crippen LogP contribution in [0.2, 0.25) is 0 Å². The molecule has 1 aliphatic heterocycles. The molecule has 5 N–H and O–H groups in total. The molecular formula is C20H23N5O2. The van der Waals surface area contributed by atoms with Gasteiger partial charge in [0.05, 0.1) is 12.1 Å². The normalized spacial score (nSPS) is 23.6. The van der Waals surface area contributed by atoms with Gasteiger partial charge in [0, 0.05) is 23.1 Å². The summed E-state index contributed by atoms with van der Waals surface area (Å²) >= 11 is 0. The molecule has 2 aromatic rings. The van der Waals surface area contributed by atoms with Gasteiger partial charge in [-0.25, -0.2) is 9.59 Å². The zero-order valence-electron chi connectivity index (χ0n) is 14.9. The molecule has 0 bridgehead atoms. The quantitative estimate of drug-likeness (QED) is 0.576. The van der Waals surface area contributed by atoms with Crippen molar-refractivity contribution in [3.8, 4) is 0 Å². The summed E-state index contributed by atoms with van der Waals surface area (Å²) in [6.07, 6.45) is 2.47. The number of para-hydroxylation sites is 1. The summed E-state index contributed by atoms with van der Waals surface area (Å²) in [5.41, 5.74) is 2.70. The third-order valence-corrected chi connectivity index (χ3v) is 5.02. The standard InChI is InChI=1S/C20H23N5O2/c26-19(23-16-10-11-17-18(12-16)25-20(27)24-17)22-15-8-6-14(7-9-15)21-13-4-2-1-3-5-13/h1-9,16-18,21H,10-12H2,(H2,22,23,26)(H2,24,25,27). The predicted molar refractivity (Wildman–Crippen MR) is 105 cm³/mol. The number of carbonyl (C=O) groups is 2. The second-order valence-electron chi connectivity index (χ2n) is 7.01. The highest BCUT2D eigenvalue weighted by Crippen LogP contribution is 2.23. The highest BCUT2D eigenvalue weighted by Gasteiger charge is 2.37. The molecular weight excluding hydrogens is 342 g/mol. The van der Waals surface area contributed by atoms with Crippen molar-refractivity contribution in [1.29, 1.82) is 0 Å². The first-order valence-corrected chi connectivity index (χ1v) is 9.22. The maximum Gasteiger partial charge on any atom is 0.319 e. The summed E-state index contributed by atoms with van der Waals surface area (Å²) in [6, 6.07) is 17.5. The van der Waals surface area contributed by atoms with Gasteiger partial charge in [-0.15, -0.1) is 0 Å². The van der Waals surface area contributed by atoms with E-state index in [2.05, 4.69) is 26.6 Å². The van der Waals surface area contributed by atoms with Crippen molar-refractivity contribution < 1.29 is 9.59 Å². The molecule has 7 heteroatoms. The highest BCUT2D eigenvalue weighted by molar-refractivity contribution is 5.89. The lowest BCUT2D eigenvalue weighted by Gasteiger charge is -2.31. The number of amides is 4. The molecule has 3 atom stereocenters. The molecule has 140 valence electrons. The summed E-state index contributed by atoms with van der Waals surface area (Å²) < 4.78 is 0. The Hall–Kier alpha value is -3.22. The topological polar surface area (TPSA) is 94.3 Å². The molecule has 1 saturated heterocycles. The number of hydrogen-bond donors (Lipinski definition) is 5. The molecule has 1 aliphatic carbocycles. The monoisotopic (exact) mass is 365 g/mol. The number of nitrogens with one attached hydrogen (secondary N) is 5. The molecule has 4 amide bonds. The molecule has 2 aromatic carbocycles. The molecule has 2 aliphatic rings. The van der Waals surface area contributed by atoms with Gasteiger partial charge >= 0.3 is 12.1 Å². The van der Waals surface area contributed by atoms with Gasteiger partial charge in [-0.1, -0.05) is 18.2 Å². The fourth-order valence-electron chi connectivity index (χ4n) is 3.69. The number of benzene rings is 2. The van der Waals surface area contributed by atoms with E-state index < -0.39 is 0 Å². The molecule has 0 spiro atoms.